The van der Waals surface area contributed by atoms with Gasteiger partial charge < -0.3 is 10.6 Å². The van der Waals surface area contributed by atoms with E-state index in [4.69, 9.17) is 5.14 Å². The fourth-order valence-corrected chi connectivity index (χ4v) is 2.02. The summed E-state index contributed by atoms with van der Waals surface area (Å²) in [5.41, 5.74) is -0.0891. The van der Waals surface area contributed by atoms with E-state index in [1.807, 2.05) is 5.32 Å². The Hall–Kier alpha value is -1.65. The number of amides is 1. The van der Waals surface area contributed by atoms with Gasteiger partial charge in [0.05, 0.1) is 18.8 Å². The Morgan fingerprint density at radius 2 is 1.85 bits per heavy atom. The van der Waals surface area contributed by atoms with E-state index in [9.17, 15) is 26.4 Å². The van der Waals surface area contributed by atoms with Crippen LogP contribution in [0.3, 0.4) is 0 Å². The molecule has 4 N–H and O–H groups in total. The van der Waals surface area contributed by atoms with Gasteiger partial charge in [-0.2, -0.15) is 13.2 Å². The van der Waals surface area contributed by atoms with Crippen LogP contribution in [-0.4, -0.2) is 33.6 Å². The summed E-state index contributed by atoms with van der Waals surface area (Å²) >= 11 is 0. The summed E-state index contributed by atoms with van der Waals surface area (Å²) in [5.74, 6) is -0.814. The number of nitrogens with one attached hydrogen (secondary N) is 2. The molecule has 1 amide bonds. The van der Waals surface area contributed by atoms with E-state index in [1.54, 1.807) is 0 Å². The lowest BCUT2D eigenvalue weighted by Crippen LogP contribution is -2.35. The van der Waals surface area contributed by atoms with Gasteiger partial charge in [-0.05, 0) is 12.1 Å². The summed E-state index contributed by atoms with van der Waals surface area (Å²) < 4.78 is 58.1. The molecule has 0 atom stereocenters. The molecule has 6 nitrogen and oxygen atoms in total. The van der Waals surface area contributed by atoms with Crippen molar-refractivity contribution < 1.29 is 26.4 Å². The van der Waals surface area contributed by atoms with Crippen molar-refractivity contribution in [1.29, 1.82) is 0 Å². The zero-order valence-corrected chi connectivity index (χ0v) is 10.9. The predicted octanol–water partition coefficient (Wildman–Crippen LogP) is 0.424. The van der Waals surface area contributed by atoms with Crippen molar-refractivity contribution in [2.45, 2.75) is 11.1 Å². The van der Waals surface area contributed by atoms with Crippen molar-refractivity contribution in [1.82, 2.24) is 5.32 Å². The monoisotopic (exact) mass is 311 g/mol. The van der Waals surface area contributed by atoms with Crippen LogP contribution in [-0.2, 0) is 14.8 Å². The largest absolute Gasteiger partial charge is 0.401 e. The first-order valence-corrected chi connectivity index (χ1v) is 6.83. The Kier molecular flexibility index (Phi) is 5.09. The molecule has 112 valence electrons. The van der Waals surface area contributed by atoms with Crippen LogP contribution in [0.15, 0.2) is 29.2 Å². The molecule has 0 unspecified atom stereocenters. The van der Waals surface area contributed by atoms with E-state index in [0.29, 0.717) is 0 Å². The average molecular weight is 311 g/mol. The summed E-state index contributed by atoms with van der Waals surface area (Å²) in [6.07, 6.45) is -4.43. The maximum Gasteiger partial charge on any atom is 0.401 e. The molecular weight excluding hydrogens is 299 g/mol. The second-order valence-electron chi connectivity index (χ2n) is 3.81. The number of para-hydroxylation sites is 1. The van der Waals surface area contributed by atoms with Gasteiger partial charge in [-0.1, -0.05) is 12.1 Å². The van der Waals surface area contributed by atoms with Crippen LogP contribution < -0.4 is 15.8 Å². The minimum absolute atomic E-state index is 0.0891. The number of anilines is 1. The summed E-state index contributed by atoms with van der Waals surface area (Å²) in [7, 11) is -4.04. The molecule has 0 aliphatic carbocycles. The first kappa shape index (κ1) is 16.4. The van der Waals surface area contributed by atoms with Gasteiger partial charge in [0, 0.05) is 0 Å². The van der Waals surface area contributed by atoms with Gasteiger partial charge in [0.15, 0.2) is 0 Å². The fraction of sp³-hybridized carbons (Fsp3) is 0.300. The molecule has 1 rings (SSSR count). The first-order valence-electron chi connectivity index (χ1n) is 5.29. The van der Waals surface area contributed by atoms with E-state index in [0.717, 1.165) is 0 Å². The second-order valence-corrected chi connectivity index (χ2v) is 5.34. The van der Waals surface area contributed by atoms with Crippen molar-refractivity contribution in [3.8, 4) is 0 Å². The van der Waals surface area contributed by atoms with Gasteiger partial charge in [-0.3, -0.25) is 4.79 Å². The smallest absolute Gasteiger partial charge is 0.324 e. The van der Waals surface area contributed by atoms with Crippen LogP contribution >= 0.6 is 0 Å². The fourth-order valence-electron chi connectivity index (χ4n) is 1.33. The number of rotatable bonds is 5. The molecule has 0 saturated heterocycles. The number of nitrogens with two attached hydrogens (primary N) is 1. The van der Waals surface area contributed by atoms with E-state index in [1.165, 1.54) is 24.3 Å². The summed E-state index contributed by atoms with van der Waals surface area (Å²) in [6, 6.07) is 5.31. The molecule has 0 aliphatic heterocycles. The van der Waals surface area contributed by atoms with E-state index in [-0.39, 0.29) is 10.6 Å². The van der Waals surface area contributed by atoms with Crippen molar-refractivity contribution in [2.24, 2.45) is 5.14 Å². The third-order valence-corrected chi connectivity index (χ3v) is 3.05. The van der Waals surface area contributed by atoms with Gasteiger partial charge in [0.1, 0.15) is 4.90 Å². The lowest BCUT2D eigenvalue weighted by molar-refractivity contribution is -0.126. The predicted molar refractivity (Wildman–Crippen MR) is 65.4 cm³/mol. The number of sulfonamides is 1. The highest BCUT2D eigenvalue weighted by molar-refractivity contribution is 7.89. The SMILES string of the molecule is NS(=O)(=O)c1ccccc1NC(=O)CNCC(F)(F)F. The number of carbonyl (C=O) groups is 1. The van der Waals surface area contributed by atoms with Crippen LogP contribution in [0, 0.1) is 0 Å². The van der Waals surface area contributed by atoms with Gasteiger partial charge in [-0.15, -0.1) is 0 Å². The number of halogens is 3. The number of carbonyl (C=O) groups excluding carboxylic acids is 1. The molecule has 0 fully saturated rings. The highest BCUT2D eigenvalue weighted by Gasteiger charge is 2.26. The van der Waals surface area contributed by atoms with Gasteiger partial charge in [0.25, 0.3) is 0 Å². The van der Waals surface area contributed by atoms with Crippen LogP contribution in [0.2, 0.25) is 0 Å². The average Bonchev–Trinajstić information content (AvgIpc) is 2.26. The Balaban J connectivity index is 2.68. The second kappa shape index (κ2) is 6.20. The molecule has 0 heterocycles. The first-order chi connectivity index (χ1) is 9.09. The highest BCUT2D eigenvalue weighted by Crippen LogP contribution is 2.19. The summed E-state index contributed by atoms with van der Waals surface area (Å²) in [6.45, 7) is -1.93. The normalized spacial score (nSPS) is 12.2. The Labute approximate surface area is 113 Å². The molecule has 0 aromatic heterocycles. The molecule has 0 spiro atoms. The standard InChI is InChI=1S/C10H12F3N3O3S/c11-10(12,13)6-15-5-9(17)16-7-3-1-2-4-8(7)20(14,18)19/h1-4,15H,5-6H2,(H,16,17)(H2,14,18,19). The maximum atomic E-state index is 11.9. The van der Waals surface area contributed by atoms with Crippen molar-refractivity contribution in [3.63, 3.8) is 0 Å². The lowest BCUT2D eigenvalue weighted by atomic mass is 10.3. The molecule has 0 bridgehead atoms. The number of benzene rings is 1. The molecular formula is C10H12F3N3O3S. The molecule has 0 radical (unpaired) electrons. The Bertz CT molecular complexity index is 587. The van der Waals surface area contributed by atoms with Crippen molar-refractivity contribution >= 4 is 21.6 Å². The van der Waals surface area contributed by atoms with Crippen LogP contribution in [0.5, 0.6) is 0 Å². The van der Waals surface area contributed by atoms with Crippen LogP contribution in [0.1, 0.15) is 0 Å². The van der Waals surface area contributed by atoms with Crippen LogP contribution in [0.25, 0.3) is 0 Å². The number of primary sulfonamides is 1. The van der Waals surface area contributed by atoms with Gasteiger partial charge in [-0.25, -0.2) is 13.6 Å². The molecule has 20 heavy (non-hydrogen) atoms. The minimum atomic E-state index is -4.43. The summed E-state index contributed by atoms with van der Waals surface area (Å²) in [5, 5.41) is 9.01. The molecule has 0 saturated carbocycles. The van der Waals surface area contributed by atoms with Crippen LogP contribution in [0.4, 0.5) is 18.9 Å². The van der Waals surface area contributed by atoms with E-state index < -0.39 is 35.2 Å². The minimum Gasteiger partial charge on any atom is -0.324 e. The Morgan fingerprint density at radius 3 is 2.40 bits per heavy atom. The Morgan fingerprint density at radius 1 is 1.25 bits per heavy atom. The van der Waals surface area contributed by atoms with E-state index in [2.05, 4.69) is 5.32 Å². The molecule has 0 aliphatic rings. The molecule has 1 aromatic carbocycles. The number of alkyl halides is 3. The molecule has 10 heteroatoms. The quantitative estimate of drug-likeness (QED) is 0.733. The highest BCUT2D eigenvalue weighted by atomic mass is 32.2. The summed E-state index contributed by atoms with van der Waals surface area (Å²) in [4.78, 5) is 11.1. The maximum absolute atomic E-state index is 11.9. The molecule has 1 aromatic rings. The number of hydrogen-bond donors (Lipinski definition) is 3. The van der Waals surface area contributed by atoms with Crippen molar-refractivity contribution in [3.05, 3.63) is 24.3 Å². The van der Waals surface area contributed by atoms with Crippen molar-refractivity contribution in [2.75, 3.05) is 18.4 Å². The zero-order chi connectivity index (χ0) is 15.4. The number of hydrogen-bond acceptors (Lipinski definition) is 4. The third kappa shape index (κ3) is 5.55. The van der Waals surface area contributed by atoms with Gasteiger partial charge >= 0.3 is 6.18 Å². The lowest BCUT2D eigenvalue weighted by Gasteiger charge is -2.11. The topological polar surface area (TPSA) is 101 Å². The third-order valence-electron chi connectivity index (χ3n) is 2.08. The zero-order valence-electron chi connectivity index (χ0n) is 10.1. The van der Waals surface area contributed by atoms with Gasteiger partial charge in [0.2, 0.25) is 15.9 Å². The van der Waals surface area contributed by atoms with E-state index >= 15 is 0 Å².